The topological polar surface area (TPSA) is 46.5 Å². The lowest BCUT2D eigenvalue weighted by Gasteiger charge is -2.51. The Hall–Kier alpha value is -0.990. The number of rotatable bonds is 3. The first-order chi connectivity index (χ1) is 13.6. The van der Waals surface area contributed by atoms with E-state index in [1.165, 1.54) is 0 Å². The molecule has 3 nitrogen and oxygen atoms in total. The van der Waals surface area contributed by atoms with Crippen molar-refractivity contribution in [2.75, 3.05) is 0 Å². The van der Waals surface area contributed by atoms with Gasteiger partial charge in [0.05, 0.1) is 5.41 Å². The van der Waals surface area contributed by atoms with Crippen LogP contribution in [0.5, 0.6) is 0 Å². The highest BCUT2D eigenvalue weighted by Crippen LogP contribution is 2.66. The molecule has 4 fully saturated rings. The number of halogens is 6. The van der Waals surface area contributed by atoms with Crippen LogP contribution in [0.3, 0.4) is 0 Å². The molecule has 0 amide bonds. The quantitative estimate of drug-likeness (QED) is 0.479. The molecule has 9 heteroatoms. The third-order valence-corrected chi connectivity index (χ3v) is 9.24. The Balaban J connectivity index is 1.74. The van der Waals surface area contributed by atoms with E-state index >= 15 is 0 Å². The molecule has 0 radical (unpaired) electrons. The Labute approximate surface area is 171 Å². The smallest absolute Gasteiger partial charge is 0.430 e. The molecule has 4 aliphatic carbocycles. The fourth-order valence-electron chi connectivity index (χ4n) is 7.44. The molecule has 8 unspecified atom stereocenters. The summed E-state index contributed by atoms with van der Waals surface area (Å²) in [6, 6.07) is 0. The van der Waals surface area contributed by atoms with Gasteiger partial charge in [0.25, 0.3) is 5.60 Å². The van der Waals surface area contributed by atoms with E-state index in [0.29, 0.717) is 18.8 Å². The van der Waals surface area contributed by atoms with Crippen molar-refractivity contribution in [3.05, 3.63) is 0 Å². The summed E-state index contributed by atoms with van der Waals surface area (Å²) < 4.78 is 88.4. The van der Waals surface area contributed by atoms with E-state index in [0.717, 1.165) is 6.42 Å². The van der Waals surface area contributed by atoms with Gasteiger partial charge in [0.2, 0.25) is 0 Å². The predicted octanol–water partition coefficient (Wildman–Crippen LogP) is 5.26. The summed E-state index contributed by atoms with van der Waals surface area (Å²) in [5, 5.41) is 10.3. The summed E-state index contributed by atoms with van der Waals surface area (Å²) in [6.07, 6.45) is -10.9. The summed E-state index contributed by atoms with van der Waals surface area (Å²) in [5.74, 6) is -2.10. The maximum absolute atomic E-state index is 13.8. The Kier molecular flexibility index (Phi) is 4.66. The molecule has 0 spiro atoms. The molecule has 8 atom stereocenters. The Morgan fingerprint density at radius 2 is 1.57 bits per heavy atom. The number of alkyl halides is 6. The molecule has 0 saturated heterocycles. The molecule has 172 valence electrons. The lowest BCUT2D eigenvalue weighted by Crippen LogP contribution is -2.74. The molecule has 0 aromatic rings. The van der Waals surface area contributed by atoms with E-state index in [1.807, 2.05) is 6.92 Å². The molecule has 1 N–H and O–H groups in total. The van der Waals surface area contributed by atoms with Gasteiger partial charge in [0.15, 0.2) is 5.60 Å². The Morgan fingerprint density at radius 1 is 0.967 bits per heavy atom. The largest absolute Gasteiger partial charge is 0.454 e. The van der Waals surface area contributed by atoms with Crippen LogP contribution in [-0.4, -0.2) is 34.6 Å². The van der Waals surface area contributed by atoms with Crippen molar-refractivity contribution >= 4 is 5.97 Å². The predicted molar refractivity (Wildman–Crippen MR) is 94.0 cm³/mol. The SMILES string of the molecule is CC1C2CC(C1C)C(C)(C(=O)OC1(C(O)(C(F)(F)F)C(F)(F)F)CC3CCC1C3)C2. The zero-order chi connectivity index (χ0) is 22.5. The van der Waals surface area contributed by atoms with Gasteiger partial charge in [-0.05, 0) is 75.0 Å². The van der Waals surface area contributed by atoms with Gasteiger partial charge in [-0.15, -0.1) is 0 Å². The van der Waals surface area contributed by atoms with Gasteiger partial charge in [-0.1, -0.05) is 13.8 Å². The van der Waals surface area contributed by atoms with Crippen molar-refractivity contribution < 1.29 is 41.0 Å². The fraction of sp³-hybridized carbons (Fsp3) is 0.952. The highest BCUT2D eigenvalue weighted by atomic mass is 19.4. The standard InChI is InChI=1S/C21H28F6O3/c1-10-11(2)15-7-13(10)9-17(15,3)16(28)30-18(8-12-4-5-14(18)6-12)19(29,20(22,23)24)21(25,26)27/h10-15,29H,4-9H2,1-3H3. The average molecular weight is 442 g/mol. The third kappa shape index (κ3) is 2.59. The van der Waals surface area contributed by atoms with Crippen molar-refractivity contribution in [3.8, 4) is 0 Å². The van der Waals surface area contributed by atoms with Crippen molar-refractivity contribution in [1.29, 1.82) is 0 Å². The molecule has 0 aliphatic heterocycles. The van der Waals surface area contributed by atoms with Gasteiger partial charge in [-0.3, -0.25) is 4.79 Å². The molecule has 30 heavy (non-hydrogen) atoms. The van der Waals surface area contributed by atoms with E-state index in [4.69, 9.17) is 4.74 Å². The van der Waals surface area contributed by atoms with Crippen LogP contribution in [0.25, 0.3) is 0 Å². The van der Waals surface area contributed by atoms with E-state index < -0.39 is 53.2 Å². The molecule has 0 aromatic carbocycles. The average Bonchev–Trinajstić information content (AvgIpc) is 3.35. The minimum absolute atomic E-state index is 0.0720. The fourth-order valence-corrected chi connectivity index (χ4v) is 7.44. The van der Waals surface area contributed by atoms with Crippen LogP contribution in [0.2, 0.25) is 0 Å². The number of hydrogen-bond acceptors (Lipinski definition) is 3. The number of aliphatic hydroxyl groups is 1. The van der Waals surface area contributed by atoms with Gasteiger partial charge in [0.1, 0.15) is 0 Å². The number of hydrogen-bond donors (Lipinski definition) is 1. The number of ether oxygens (including phenoxy) is 1. The number of esters is 1. The first-order valence-corrected chi connectivity index (χ1v) is 10.7. The molecule has 4 aliphatic rings. The second-order valence-electron chi connectivity index (χ2n) is 10.5. The molecule has 4 rings (SSSR count). The Bertz CT molecular complexity index is 717. The highest BCUT2D eigenvalue weighted by molar-refractivity contribution is 5.78. The summed E-state index contributed by atoms with van der Waals surface area (Å²) in [7, 11) is 0. The second kappa shape index (κ2) is 6.29. The lowest BCUT2D eigenvalue weighted by molar-refractivity contribution is -0.419. The maximum atomic E-state index is 13.8. The van der Waals surface area contributed by atoms with Gasteiger partial charge >= 0.3 is 18.3 Å². The normalized spacial score (nSPS) is 45.9. The van der Waals surface area contributed by atoms with Crippen LogP contribution in [0.4, 0.5) is 26.3 Å². The zero-order valence-corrected chi connectivity index (χ0v) is 17.2. The van der Waals surface area contributed by atoms with Gasteiger partial charge < -0.3 is 9.84 Å². The van der Waals surface area contributed by atoms with Gasteiger partial charge in [0, 0.05) is 5.92 Å². The molecular weight excluding hydrogens is 414 g/mol. The molecule has 4 saturated carbocycles. The van der Waals surface area contributed by atoms with Crippen molar-refractivity contribution in [3.63, 3.8) is 0 Å². The Morgan fingerprint density at radius 3 is 1.97 bits per heavy atom. The van der Waals surface area contributed by atoms with Crippen LogP contribution < -0.4 is 0 Å². The molecule has 4 bridgehead atoms. The summed E-state index contributed by atoms with van der Waals surface area (Å²) in [6.45, 7) is 5.63. The number of carbonyl (C=O) groups is 1. The molecule has 0 aromatic heterocycles. The van der Waals surface area contributed by atoms with Gasteiger partial charge in [-0.2, -0.15) is 26.3 Å². The first-order valence-electron chi connectivity index (χ1n) is 10.7. The third-order valence-electron chi connectivity index (χ3n) is 9.24. The summed E-state index contributed by atoms with van der Waals surface area (Å²) in [5.41, 5.74) is -9.25. The second-order valence-corrected chi connectivity index (χ2v) is 10.5. The number of fused-ring (bicyclic) bond motifs is 4. The lowest BCUT2D eigenvalue weighted by atomic mass is 9.66. The van der Waals surface area contributed by atoms with Gasteiger partial charge in [-0.25, -0.2) is 0 Å². The van der Waals surface area contributed by atoms with E-state index in [9.17, 15) is 36.2 Å². The monoisotopic (exact) mass is 442 g/mol. The van der Waals surface area contributed by atoms with Crippen LogP contribution in [-0.2, 0) is 9.53 Å². The summed E-state index contributed by atoms with van der Waals surface area (Å²) >= 11 is 0. The van der Waals surface area contributed by atoms with E-state index in [-0.39, 0.29) is 30.6 Å². The minimum Gasteiger partial charge on any atom is -0.454 e. The molecule has 0 heterocycles. The molecular formula is C21H28F6O3. The van der Waals surface area contributed by atoms with E-state index in [2.05, 4.69) is 6.92 Å². The maximum Gasteiger partial charge on any atom is 0.430 e. The number of carbonyl (C=O) groups excluding carboxylic acids is 1. The zero-order valence-electron chi connectivity index (χ0n) is 17.2. The van der Waals surface area contributed by atoms with Crippen LogP contribution in [0.1, 0.15) is 59.3 Å². The van der Waals surface area contributed by atoms with Crippen LogP contribution >= 0.6 is 0 Å². The van der Waals surface area contributed by atoms with Crippen LogP contribution in [0, 0.1) is 40.9 Å². The van der Waals surface area contributed by atoms with Crippen LogP contribution in [0.15, 0.2) is 0 Å². The first kappa shape index (κ1) is 22.2. The minimum atomic E-state index is -6.02. The van der Waals surface area contributed by atoms with E-state index in [1.54, 1.807) is 6.92 Å². The van der Waals surface area contributed by atoms with Crippen molar-refractivity contribution in [2.24, 2.45) is 40.9 Å². The van der Waals surface area contributed by atoms with Crippen molar-refractivity contribution in [2.45, 2.75) is 82.9 Å². The highest BCUT2D eigenvalue weighted by Gasteiger charge is 2.84. The summed E-state index contributed by atoms with van der Waals surface area (Å²) in [4.78, 5) is 13.3. The van der Waals surface area contributed by atoms with Crippen molar-refractivity contribution in [1.82, 2.24) is 0 Å².